The number of hydrogen-bond donors (Lipinski definition) is 0. The Hall–Kier alpha value is -1.34. The first-order chi connectivity index (χ1) is 10.2. The van der Waals surface area contributed by atoms with E-state index in [2.05, 4.69) is 11.8 Å². The highest BCUT2D eigenvalue weighted by Gasteiger charge is 2.36. The van der Waals surface area contributed by atoms with Crippen molar-refractivity contribution in [3.8, 4) is 0 Å². The molecule has 0 bridgehead atoms. The summed E-state index contributed by atoms with van der Waals surface area (Å²) in [7, 11) is 0.886. The molecule has 0 saturated carbocycles. The third-order valence-corrected chi connectivity index (χ3v) is 4.97. The number of sulfone groups is 1. The zero-order chi connectivity index (χ0) is 16.5. The van der Waals surface area contributed by atoms with Gasteiger partial charge in [0.05, 0.1) is 0 Å². The molecule has 0 aliphatic carbocycles. The summed E-state index contributed by atoms with van der Waals surface area (Å²) in [5, 5.41) is 0. The standard InChI is InChI=1S/C15H24N2O4S/c1-5-11-8-17(9-13(11)16(2)3)15(18)14-7-6-12(21-14)10-22(4,19)20/h6-7,11,13H,5,8-10H2,1-4H3/t11-,13+/m1/s1. The van der Waals surface area contributed by atoms with Crippen LogP contribution in [-0.4, -0.2) is 63.6 Å². The molecule has 1 saturated heterocycles. The Morgan fingerprint density at radius 3 is 2.55 bits per heavy atom. The molecule has 2 rings (SSSR count). The maximum absolute atomic E-state index is 12.5. The second-order valence-electron chi connectivity index (χ2n) is 6.25. The summed E-state index contributed by atoms with van der Waals surface area (Å²) < 4.78 is 28.0. The van der Waals surface area contributed by atoms with Crippen LogP contribution in [0.3, 0.4) is 0 Å². The molecule has 1 aliphatic heterocycles. The lowest BCUT2D eigenvalue weighted by atomic mass is 10.0. The van der Waals surface area contributed by atoms with Gasteiger partial charge in [0.15, 0.2) is 15.6 Å². The van der Waals surface area contributed by atoms with E-state index in [9.17, 15) is 13.2 Å². The van der Waals surface area contributed by atoms with Gasteiger partial charge in [-0.15, -0.1) is 0 Å². The Morgan fingerprint density at radius 2 is 2.05 bits per heavy atom. The molecule has 1 aliphatic rings. The molecule has 2 heterocycles. The van der Waals surface area contributed by atoms with E-state index >= 15 is 0 Å². The maximum atomic E-state index is 12.5. The van der Waals surface area contributed by atoms with E-state index in [0.717, 1.165) is 12.7 Å². The largest absolute Gasteiger partial charge is 0.455 e. The molecular weight excluding hydrogens is 304 g/mol. The Kier molecular flexibility index (Phi) is 4.97. The predicted molar refractivity (Wildman–Crippen MR) is 84.4 cm³/mol. The third kappa shape index (κ3) is 3.89. The lowest BCUT2D eigenvalue weighted by molar-refractivity contribution is 0.0747. The lowest BCUT2D eigenvalue weighted by Crippen LogP contribution is -2.36. The van der Waals surface area contributed by atoms with Crippen LogP contribution in [0.25, 0.3) is 0 Å². The van der Waals surface area contributed by atoms with Crippen LogP contribution in [-0.2, 0) is 15.6 Å². The molecule has 1 aromatic heterocycles. The van der Waals surface area contributed by atoms with E-state index in [0.29, 0.717) is 30.8 Å². The van der Waals surface area contributed by atoms with E-state index in [4.69, 9.17) is 4.42 Å². The molecule has 124 valence electrons. The van der Waals surface area contributed by atoms with Gasteiger partial charge in [0.25, 0.3) is 5.91 Å². The van der Waals surface area contributed by atoms with Crippen LogP contribution < -0.4 is 0 Å². The van der Waals surface area contributed by atoms with Crippen molar-refractivity contribution in [3.63, 3.8) is 0 Å². The van der Waals surface area contributed by atoms with Gasteiger partial charge in [-0.2, -0.15) is 0 Å². The molecular formula is C15H24N2O4S. The summed E-state index contributed by atoms with van der Waals surface area (Å²) in [6.07, 6.45) is 2.16. The molecule has 1 fully saturated rings. The van der Waals surface area contributed by atoms with Gasteiger partial charge < -0.3 is 14.2 Å². The number of carbonyl (C=O) groups is 1. The van der Waals surface area contributed by atoms with Crippen molar-refractivity contribution in [1.82, 2.24) is 9.80 Å². The average Bonchev–Trinajstić information content (AvgIpc) is 3.02. The Balaban J connectivity index is 2.09. The fourth-order valence-corrected chi connectivity index (χ4v) is 3.66. The molecule has 0 spiro atoms. The average molecular weight is 328 g/mol. The quantitative estimate of drug-likeness (QED) is 0.813. The molecule has 22 heavy (non-hydrogen) atoms. The van der Waals surface area contributed by atoms with Crippen LogP contribution in [0.5, 0.6) is 0 Å². The molecule has 0 radical (unpaired) electrons. The van der Waals surface area contributed by atoms with Gasteiger partial charge in [0, 0.05) is 25.4 Å². The summed E-state index contributed by atoms with van der Waals surface area (Å²) in [5.41, 5.74) is 0. The minimum absolute atomic E-state index is 0.164. The lowest BCUT2D eigenvalue weighted by Gasteiger charge is -2.23. The van der Waals surface area contributed by atoms with Crippen LogP contribution in [0.2, 0.25) is 0 Å². The van der Waals surface area contributed by atoms with Crippen molar-refractivity contribution in [3.05, 3.63) is 23.7 Å². The number of furan rings is 1. The second kappa shape index (κ2) is 6.42. The first kappa shape index (κ1) is 17.0. The van der Waals surface area contributed by atoms with Crippen molar-refractivity contribution in [2.45, 2.75) is 25.1 Å². The smallest absolute Gasteiger partial charge is 0.289 e. The van der Waals surface area contributed by atoms with Crippen molar-refractivity contribution in [2.75, 3.05) is 33.4 Å². The maximum Gasteiger partial charge on any atom is 0.289 e. The Labute approximate surface area is 132 Å². The fraction of sp³-hybridized carbons (Fsp3) is 0.667. The van der Waals surface area contributed by atoms with E-state index in [1.807, 2.05) is 14.1 Å². The van der Waals surface area contributed by atoms with Gasteiger partial charge in [0.2, 0.25) is 0 Å². The topological polar surface area (TPSA) is 70.8 Å². The zero-order valence-electron chi connectivity index (χ0n) is 13.6. The van der Waals surface area contributed by atoms with Crippen molar-refractivity contribution >= 4 is 15.7 Å². The molecule has 0 aromatic carbocycles. The van der Waals surface area contributed by atoms with Crippen molar-refractivity contribution < 1.29 is 17.6 Å². The van der Waals surface area contributed by atoms with Crippen molar-refractivity contribution in [2.24, 2.45) is 5.92 Å². The van der Waals surface area contributed by atoms with Gasteiger partial charge in [-0.3, -0.25) is 4.79 Å². The number of hydrogen-bond acceptors (Lipinski definition) is 5. The number of nitrogens with zero attached hydrogens (tertiary/aromatic N) is 2. The normalized spacial score (nSPS) is 22.5. The number of likely N-dealkylation sites (tertiary alicyclic amines) is 1. The van der Waals surface area contributed by atoms with Crippen LogP contribution in [0.1, 0.15) is 29.7 Å². The zero-order valence-corrected chi connectivity index (χ0v) is 14.4. The van der Waals surface area contributed by atoms with Crippen LogP contribution >= 0.6 is 0 Å². The number of rotatable bonds is 5. The molecule has 1 amide bonds. The van der Waals surface area contributed by atoms with Crippen molar-refractivity contribution in [1.29, 1.82) is 0 Å². The molecule has 0 unspecified atom stereocenters. The highest BCUT2D eigenvalue weighted by atomic mass is 32.2. The summed E-state index contributed by atoms with van der Waals surface area (Å²) in [6, 6.07) is 3.47. The number of carbonyl (C=O) groups excluding carboxylic acids is 1. The summed E-state index contributed by atoms with van der Waals surface area (Å²) in [6.45, 7) is 3.51. The molecule has 2 atom stereocenters. The fourth-order valence-electron chi connectivity index (χ4n) is 2.99. The van der Waals surface area contributed by atoms with Crippen LogP contribution in [0.15, 0.2) is 16.5 Å². The number of amides is 1. The van der Waals surface area contributed by atoms with Gasteiger partial charge >= 0.3 is 0 Å². The molecule has 0 N–H and O–H groups in total. The Bertz CT molecular complexity index is 636. The molecule has 7 heteroatoms. The SMILES string of the molecule is CC[C@@H]1CN(C(=O)c2ccc(CS(C)(=O)=O)o2)C[C@@H]1N(C)C. The van der Waals surface area contributed by atoms with E-state index in [1.165, 1.54) is 0 Å². The summed E-state index contributed by atoms with van der Waals surface area (Å²) >= 11 is 0. The molecule has 6 nitrogen and oxygen atoms in total. The monoisotopic (exact) mass is 328 g/mol. The Morgan fingerprint density at radius 1 is 1.36 bits per heavy atom. The minimum Gasteiger partial charge on any atom is -0.455 e. The predicted octanol–water partition coefficient (Wildman–Crippen LogP) is 1.24. The number of likely N-dealkylation sites (N-methyl/N-ethyl adjacent to an activating group) is 1. The highest BCUT2D eigenvalue weighted by molar-refractivity contribution is 7.89. The minimum atomic E-state index is -3.17. The molecule has 1 aromatic rings. The third-order valence-electron chi connectivity index (χ3n) is 4.16. The summed E-state index contributed by atoms with van der Waals surface area (Å²) in [4.78, 5) is 16.5. The second-order valence-corrected chi connectivity index (χ2v) is 8.39. The van der Waals surface area contributed by atoms with Crippen LogP contribution in [0.4, 0.5) is 0 Å². The van der Waals surface area contributed by atoms with Gasteiger partial charge in [0.1, 0.15) is 11.5 Å². The van der Waals surface area contributed by atoms with Gasteiger partial charge in [-0.25, -0.2) is 8.42 Å². The van der Waals surface area contributed by atoms with Gasteiger partial charge in [-0.1, -0.05) is 13.3 Å². The van der Waals surface area contributed by atoms with E-state index < -0.39 is 9.84 Å². The van der Waals surface area contributed by atoms with Gasteiger partial charge in [-0.05, 0) is 32.1 Å². The summed E-state index contributed by atoms with van der Waals surface area (Å²) in [5.74, 6) is 0.624. The highest BCUT2D eigenvalue weighted by Crippen LogP contribution is 2.25. The van der Waals surface area contributed by atoms with E-state index in [1.54, 1.807) is 17.0 Å². The first-order valence-electron chi connectivity index (χ1n) is 7.43. The van der Waals surface area contributed by atoms with E-state index in [-0.39, 0.29) is 17.4 Å². The first-order valence-corrected chi connectivity index (χ1v) is 9.49. The van der Waals surface area contributed by atoms with Crippen LogP contribution in [0, 0.1) is 5.92 Å².